The van der Waals surface area contributed by atoms with Gasteiger partial charge in [-0.25, -0.2) is 4.68 Å². The Labute approximate surface area is 289 Å². The maximum atomic E-state index is 14.9. The molecule has 0 aliphatic carbocycles. The molecule has 1 spiro atoms. The summed E-state index contributed by atoms with van der Waals surface area (Å²) in [6.07, 6.45) is 6.14. The molecule has 6 atom stereocenters. The Bertz CT molecular complexity index is 1650. The van der Waals surface area contributed by atoms with Crippen molar-refractivity contribution < 1.29 is 24.2 Å². The van der Waals surface area contributed by atoms with Gasteiger partial charge < -0.3 is 24.5 Å². The lowest BCUT2D eigenvalue weighted by Crippen LogP contribution is -2.57. The van der Waals surface area contributed by atoms with E-state index in [0.29, 0.717) is 44.4 Å². The molecule has 2 bridgehead atoms. The van der Waals surface area contributed by atoms with Gasteiger partial charge in [0.15, 0.2) is 0 Å². The number of aromatic nitrogens is 3. The second kappa shape index (κ2) is 14.7. The number of hydrogen-bond donors (Lipinski definition) is 1. The van der Waals surface area contributed by atoms with Crippen LogP contribution in [0.25, 0.3) is 11.0 Å². The lowest BCUT2D eigenvalue weighted by Gasteiger charge is -2.37. The number of aliphatic hydroxyl groups is 1. The monoisotopic (exact) mass is 718 g/mol. The molecule has 0 saturated carbocycles. The molecule has 254 valence electrons. The second-order valence-electron chi connectivity index (χ2n) is 12.9. The fraction of sp³-hybridized carbons (Fsp3) is 0.472. The van der Waals surface area contributed by atoms with Gasteiger partial charge in [-0.15, -0.1) is 18.3 Å². The molecule has 0 radical (unpaired) electrons. The lowest BCUT2D eigenvalue weighted by atomic mass is 9.70. The Hall–Kier alpha value is -3.87. The molecule has 4 heterocycles. The highest BCUT2D eigenvalue weighted by Gasteiger charge is 2.76. The number of unbranched alkanes of at least 4 members (excludes halogenated alkanes) is 3. The van der Waals surface area contributed by atoms with Crippen LogP contribution in [0.15, 0.2) is 79.9 Å². The van der Waals surface area contributed by atoms with E-state index in [1.165, 1.54) is 0 Å². The normalized spacial score (nSPS) is 25.8. The first kappa shape index (κ1) is 34.0. The number of ether oxygens (including phenoxy) is 1. The predicted octanol–water partition coefficient (Wildman–Crippen LogP) is 3.92. The van der Waals surface area contributed by atoms with Crippen LogP contribution in [0.3, 0.4) is 0 Å². The van der Waals surface area contributed by atoms with Crippen molar-refractivity contribution in [3.63, 3.8) is 0 Å². The highest BCUT2D eigenvalue weighted by Crippen LogP contribution is 2.60. The first-order chi connectivity index (χ1) is 23.3. The second-order valence-corrected chi connectivity index (χ2v) is 14.1. The van der Waals surface area contributed by atoms with Crippen molar-refractivity contribution in [2.75, 3.05) is 26.2 Å². The maximum absolute atomic E-state index is 14.9. The molecular weight excluding hydrogens is 676 g/mol. The number of aliphatic hydroxyl groups excluding tert-OH is 1. The van der Waals surface area contributed by atoms with Gasteiger partial charge in [0, 0.05) is 37.6 Å². The summed E-state index contributed by atoms with van der Waals surface area (Å²) in [5.74, 6) is -2.25. The molecule has 6 rings (SSSR count). The number of alkyl halides is 1. The molecule has 11 nitrogen and oxygen atoms in total. The number of rotatable bonds is 16. The smallest absolute Gasteiger partial charge is 0.250 e. The molecule has 1 aromatic heterocycles. The zero-order valence-electron chi connectivity index (χ0n) is 27.1. The summed E-state index contributed by atoms with van der Waals surface area (Å²) in [5, 5.41) is 17.8. The van der Waals surface area contributed by atoms with Crippen molar-refractivity contribution in [2.45, 2.75) is 67.9 Å². The van der Waals surface area contributed by atoms with E-state index >= 15 is 0 Å². The highest BCUT2D eigenvalue weighted by atomic mass is 79.9. The van der Waals surface area contributed by atoms with Crippen molar-refractivity contribution in [1.29, 1.82) is 0 Å². The van der Waals surface area contributed by atoms with Gasteiger partial charge in [-0.3, -0.25) is 14.4 Å². The minimum Gasteiger partial charge on any atom is -0.396 e. The summed E-state index contributed by atoms with van der Waals surface area (Å²) in [4.78, 5) is 48.8. The predicted molar refractivity (Wildman–Crippen MR) is 184 cm³/mol. The number of nitrogens with zero attached hydrogens (tertiary/aromatic N) is 6. The summed E-state index contributed by atoms with van der Waals surface area (Å²) in [6.45, 7) is 9.25. The number of carbonyl (C=O) groups is 3. The third kappa shape index (κ3) is 6.21. The molecule has 3 amide bonds. The van der Waals surface area contributed by atoms with Crippen molar-refractivity contribution in [1.82, 2.24) is 29.7 Å². The van der Waals surface area contributed by atoms with Crippen LogP contribution >= 0.6 is 15.9 Å². The van der Waals surface area contributed by atoms with Gasteiger partial charge in [-0.05, 0) is 37.0 Å². The van der Waals surface area contributed by atoms with E-state index in [1.807, 2.05) is 54.6 Å². The molecule has 3 saturated heterocycles. The van der Waals surface area contributed by atoms with Crippen LogP contribution in [0.4, 0.5) is 0 Å². The van der Waals surface area contributed by atoms with Crippen LogP contribution in [0, 0.1) is 11.8 Å². The molecule has 2 aromatic carbocycles. The Kier molecular flexibility index (Phi) is 10.4. The van der Waals surface area contributed by atoms with Crippen LogP contribution in [-0.4, -0.2) is 101 Å². The summed E-state index contributed by atoms with van der Waals surface area (Å²) in [7, 11) is 0. The van der Waals surface area contributed by atoms with Crippen molar-refractivity contribution >= 4 is 44.7 Å². The van der Waals surface area contributed by atoms with Crippen molar-refractivity contribution in [2.24, 2.45) is 11.8 Å². The molecule has 3 aliphatic heterocycles. The van der Waals surface area contributed by atoms with E-state index < -0.39 is 29.6 Å². The van der Waals surface area contributed by atoms with Gasteiger partial charge in [0.05, 0.1) is 23.5 Å². The zero-order chi connectivity index (χ0) is 33.8. The van der Waals surface area contributed by atoms with Crippen LogP contribution in [0.5, 0.6) is 0 Å². The van der Waals surface area contributed by atoms with Gasteiger partial charge in [-0.1, -0.05) is 88.6 Å². The fourth-order valence-corrected chi connectivity index (χ4v) is 8.75. The summed E-state index contributed by atoms with van der Waals surface area (Å²) >= 11 is 3.80. The maximum Gasteiger partial charge on any atom is 0.250 e. The van der Waals surface area contributed by atoms with Crippen molar-refractivity contribution in [3.05, 3.63) is 85.5 Å². The Balaban J connectivity index is 1.35. The molecule has 12 heteroatoms. The first-order valence-corrected chi connectivity index (χ1v) is 17.6. The standard InChI is InChI=1S/C36H43BrN6O5/c1-3-18-40(23-25-14-8-7-9-15-25)33(45)29-30-34(46)42(20-12-5-6-13-21-44)32(36(30)22-26(37)31(29)48-36)35(47)41(19-4-2)24-43-28-17-11-10-16-27(28)38-39-43/h3-4,7-11,14-17,26,29-32,44H,1-2,5-6,12-13,18-24H2/t26?,29-,30-,31-,32?,36?/m0/s1. The van der Waals surface area contributed by atoms with Gasteiger partial charge in [0.25, 0.3) is 0 Å². The van der Waals surface area contributed by atoms with Crippen LogP contribution < -0.4 is 0 Å². The molecule has 1 N–H and O–H groups in total. The summed E-state index contributed by atoms with van der Waals surface area (Å²) < 4.78 is 8.47. The quantitative estimate of drug-likeness (QED) is 0.135. The largest absolute Gasteiger partial charge is 0.396 e. The molecular formula is C36H43BrN6O5. The zero-order valence-corrected chi connectivity index (χ0v) is 28.7. The SMILES string of the molecule is C=CCN(Cn1nnc2ccccc21)C(=O)C1N(CCCCCCO)C(=O)[C@@H]2[C@H](C(=O)N(CC=C)Cc3ccccc3)[C@H]3OC12CC3Br. The number of para-hydroxylation sites is 1. The Morgan fingerprint density at radius 3 is 2.46 bits per heavy atom. The summed E-state index contributed by atoms with van der Waals surface area (Å²) in [6, 6.07) is 16.3. The minimum absolute atomic E-state index is 0.106. The number of benzene rings is 2. The van der Waals surface area contributed by atoms with E-state index in [4.69, 9.17) is 4.74 Å². The minimum atomic E-state index is -1.19. The van der Waals surface area contributed by atoms with Gasteiger partial charge in [0.1, 0.15) is 23.8 Å². The van der Waals surface area contributed by atoms with Gasteiger partial charge >= 0.3 is 0 Å². The van der Waals surface area contributed by atoms with Crippen LogP contribution in [0.1, 0.15) is 37.7 Å². The number of amides is 3. The number of fused-ring (bicyclic) bond motifs is 2. The number of likely N-dealkylation sites (tertiary alicyclic amines) is 1. The summed E-state index contributed by atoms with van der Waals surface area (Å²) in [5.41, 5.74) is 1.28. The average Bonchev–Trinajstić information content (AvgIpc) is 3.81. The van der Waals surface area contributed by atoms with Gasteiger partial charge in [0.2, 0.25) is 17.7 Å². The Morgan fingerprint density at radius 1 is 1.00 bits per heavy atom. The first-order valence-electron chi connectivity index (χ1n) is 16.7. The average molecular weight is 720 g/mol. The molecule has 3 unspecified atom stereocenters. The van der Waals surface area contributed by atoms with E-state index in [9.17, 15) is 19.5 Å². The van der Waals surface area contributed by atoms with Crippen LogP contribution in [0.2, 0.25) is 0 Å². The van der Waals surface area contributed by atoms with Gasteiger partial charge in [-0.2, -0.15) is 0 Å². The third-order valence-corrected chi connectivity index (χ3v) is 10.7. The lowest BCUT2D eigenvalue weighted by molar-refractivity contribution is -0.150. The van der Waals surface area contributed by atoms with E-state index in [-0.39, 0.29) is 42.4 Å². The van der Waals surface area contributed by atoms with Crippen LogP contribution in [-0.2, 0) is 32.3 Å². The van der Waals surface area contributed by atoms with E-state index in [0.717, 1.165) is 23.9 Å². The number of carbonyl (C=O) groups excluding carboxylic acids is 3. The third-order valence-electron chi connectivity index (χ3n) is 9.88. The molecule has 3 fully saturated rings. The fourth-order valence-electron chi connectivity index (χ4n) is 7.81. The Morgan fingerprint density at radius 2 is 1.71 bits per heavy atom. The van der Waals surface area contributed by atoms with Crippen molar-refractivity contribution in [3.8, 4) is 0 Å². The molecule has 3 aromatic rings. The molecule has 3 aliphatic rings. The molecule has 48 heavy (non-hydrogen) atoms. The van der Waals surface area contributed by atoms with E-state index in [1.54, 1.807) is 31.5 Å². The highest BCUT2D eigenvalue weighted by molar-refractivity contribution is 9.09. The number of halogens is 1. The van der Waals surface area contributed by atoms with E-state index in [2.05, 4.69) is 39.4 Å². The topological polar surface area (TPSA) is 121 Å². The number of hydrogen-bond acceptors (Lipinski definition) is 7.